The largest absolute Gasteiger partial charge is 0.494 e. The maximum absolute atomic E-state index is 13.4. The van der Waals surface area contributed by atoms with Crippen LogP contribution in [0.3, 0.4) is 0 Å². The number of benzene rings is 1. The maximum atomic E-state index is 13.4. The van der Waals surface area contributed by atoms with Crippen molar-refractivity contribution >= 4 is 5.91 Å². The third kappa shape index (κ3) is 4.52. The van der Waals surface area contributed by atoms with Crippen molar-refractivity contribution in [2.75, 3.05) is 13.2 Å². The van der Waals surface area contributed by atoms with E-state index in [1.165, 1.54) is 0 Å². The van der Waals surface area contributed by atoms with Gasteiger partial charge in [0.2, 0.25) is 5.91 Å². The van der Waals surface area contributed by atoms with E-state index >= 15 is 0 Å². The zero-order valence-corrected chi connectivity index (χ0v) is 19.2. The molecule has 1 aromatic carbocycles. The average molecular weight is 435 g/mol. The maximum Gasteiger partial charge on any atom is 0.227 e. The third-order valence-corrected chi connectivity index (χ3v) is 6.07. The van der Waals surface area contributed by atoms with Crippen LogP contribution in [-0.4, -0.2) is 39.1 Å². The Morgan fingerprint density at radius 1 is 1.19 bits per heavy atom. The number of hydrogen-bond acceptors (Lipinski definition) is 6. The molecule has 1 aliphatic heterocycles. The number of nitrogens with zero attached hydrogens (tertiary/aromatic N) is 4. The SMILES string of the molecule is CCOc1ccc(CC(=O)N2CCCC[C@@H]2c2nc(C)ncc2-c2onc(C)c2C)cc1. The minimum absolute atomic E-state index is 0.103. The number of amides is 1. The molecular formula is C25H30N4O3. The first-order chi connectivity index (χ1) is 15.5. The van der Waals surface area contributed by atoms with Gasteiger partial charge in [-0.15, -0.1) is 0 Å². The van der Waals surface area contributed by atoms with Crippen LogP contribution in [-0.2, 0) is 11.2 Å². The first-order valence-electron chi connectivity index (χ1n) is 11.3. The van der Waals surface area contributed by atoms with Gasteiger partial charge in [0.25, 0.3) is 0 Å². The molecule has 3 heterocycles. The lowest BCUT2D eigenvalue weighted by Crippen LogP contribution is -2.40. The number of hydrogen-bond donors (Lipinski definition) is 0. The van der Waals surface area contributed by atoms with Crippen molar-refractivity contribution in [3.8, 4) is 17.1 Å². The normalized spacial score (nSPS) is 16.2. The van der Waals surface area contributed by atoms with Crippen LogP contribution >= 0.6 is 0 Å². The van der Waals surface area contributed by atoms with Crippen molar-refractivity contribution in [2.24, 2.45) is 0 Å². The molecule has 1 fully saturated rings. The second kappa shape index (κ2) is 9.51. The zero-order chi connectivity index (χ0) is 22.7. The van der Waals surface area contributed by atoms with E-state index in [9.17, 15) is 4.79 Å². The van der Waals surface area contributed by atoms with Crippen molar-refractivity contribution in [1.82, 2.24) is 20.0 Å². The van der Waals surface area contributed by atoms with E-state index in [4.69, 9.17) is 14.2 Å². The van der Waals surface area contributed by atoms with Crippen LogP contribution in [0.1, 0.15) is 60.6 Å². The molecule has 7 nitrogen and oxygen atoms in total. The summed E-state index contributed by atoms with van der Waals surface area (Å²) in [5.74, 6) is 2.29. The predicted molar refractivity (Wildman–Crippen MR) is 121 cm³/mol. The van der Waals surface area contributed by atoms with Crippen LogP contribution in [0, 0.1) is 20.8 Å². The fourth-order valence-corrected chi connectivity index (χ4v) is 4.24. The summed E-state index contributed by atoms with van der Waals surface area (Å²) in [6.07, 6.45) is 5.06. The molecule has 32 heavy (non-hydrogen) atoms. The minimum Gasteiger partial charge on any atom is -0.494 e. The lowest BCUT2D eigenvalue weighted by atomic mass is 9.94. The number of carbonyl (C=O) groups excluding carboxylic acids is 1. The zero-order valence-electron chi connectivity index (χ0n) is 19.2. The molecule has 7 heteroatoms. The van der Waals surface area contributed by atoms with Gasteiger partial charge in [-0.25, -0.2) is 9.97 Å². The number of aromatic nitrogens is 3. The van der Waals surface area contributed by atoms with Crippen molar-refractivity contribution in [2.45, 2.75) is 59.4 Å². The molecule has 1 saturated heterocycles. The standard InChI is InChI=1S/C25H30N4O3/c1-5-31-20-11-9-19(10-12-20)14-23(30)29-13-7-6-8-22(29)24-21(15-26-18(4)27-24)25-16(2)17(3)28-32-25/h9-12,15,22H,5-8,13-14H2,1-4H3/t22-/m1/s1. The fourth-order valence-electron chi connectivity index (χ4n) is 4.24. The van der Waals surface area contributed by atoms with E-state index in [2.05, 4.69) is 10.1 Å². The van der Waals surface area contributed by atoms with Crippen molar-refractivity contribution < 1.29 is 14.1 Å². The summed E-state index contributed by atoms with van der Waals surface area (Å²) in [6.45, 7) is 9.08. The smallest absolute Gasteiger partial charge is 0.227 e. The van der Waals surface area contributed by atoms with E-state index in [0.29, 0.717) is 24.6 Å². The molecule has 4 rings (SSSR count). The van der Waals surface area contributed by atoms with Gasteiger partial charge in [-0.05, 0) is 64.7 Å². The van der Waals surface area contributed by atoms with Gasteiger partial charge in [0, 0.05) is 18.3 Å². The molecule has 2 aromatic heterocycles. The quantitative estimate of drug-likeness (QED) is 0.557. The van der Waals surface area contributed by atoms with Gasteiger partial charge in [-0.2, -0.15) is 0 Å². The van der Waals surface area contributed by atoms with Crippen LogP contribution in [0.5, 0.6) is 5.75 Å². The van der Waals surface area contributed by atoms with Crippen molar-refractivity contribution in [1.29, 1.82) is 0 Å². The van der Waals surface area contributed by atoms with Crippen molar-refractivity contribution in [3.05, 3.63) is 58.8 Å². The molecule has 0 spiro atoms. The number of aryl methyl sites for hydroxylation is 2. The summed E-state index contributed by atoms with van der Waals surface area (Å²) in [5.41, 5.74) is 4.46. The molecule has 1 amide bonds. The molecule has 1 atom stereocenters. The predicted octanol–water partition coefficient (Wildman–Crippen LogP) is 4.75. The van der Waals surface area contributed by atoms with Gasteiger partial charge in [-0.1, -0.05) is 17.3 Å². The number of likely N-dealkylation sites (tertiary alicyclic amines) is 1. The van der Waals surface area contributed by atoms with Crippen LogP contribution in [0.25, 0.3) is 11.3 Å². The van der Waals surface area contributed by atoms with E-state index in [0.717, 1.165) is 59.6 Å². The van der Waals surface area contributed by atoms with Gasteiger partial charge in [0.15, 0.2) is 5.76 Å². The molecule has 1 aliphatic rings. The Kier molecular flexibility index (Phi) is 6.53. The van der Waals surface area contributed by atoms with E-state index in [-0.39, 0.29) is 11.9 Å². The highest BCUT2D eigenvalue weighted by molar-refractivity contribution is 5.80. The molecular weight excluding hydrogens is 404 g/mol. The number of ether oxygens (including phenoxy) is 1. The van der Waals surface area contributed by atoms with Gasteiger partial charge in [0.1, 0.15) is 11.6 Å². The molecule has 168 valence electrons. The Labute approximate surface area is 188 Å². The monoisotopic (exact) mass is 434 g/mol. The Hall–Kier alpha value is -3.22. The highest BCUT2D eigenvalue weighted by atomic mass is 16.5. The summed E-state index contributed by atoms with van der Waals surface area (Å²) >= 11 is 0. The highest BCUT2D eigenvalue weighted by Gasteiger charge is 2.32. The summed E-state index contributed by atoms with van der Waals surface area (Å²) in [6, 6.07) is 7.65. The molecule has 0 N–H and O–H groups in total. The Bertz CT molecular complexity index is 1090. The van der Waals surface area contributed by atoms with Gasteiger partial charge < -0.3 is 14.2 Å². The Morgan fingerprint density at radius 2 is 1.97 bits per heavy atom. The Balaban J connectivity index is 1.63. The third-order valence-electron chi connectivity index (χ3n) is 6.07. The fraction of sp³-hybridized carbons (Fsp3) is 0.440. The molecule has 0 unspecified atom stereocenters. The minimum atomic E-state index is -0.111. The lowest BCUT2D eigenvalue weighted by molar-refractivity contribution is -0.134. The average Bonchev–Trinajstić information content (AvgIpc) is 3.13. The molecule has 0 saturated carbocycles. The summed E-state index contributed by atoms with van der Waals surface area (Å²) in [5, 5.41) is 4.11. The summed E-state index contributed by atoms with van der Waals surface area (Å²) < 4.78 is 11.1. The second-order valence-electron chi connectivity index (χ2n) is 8.29. The van der Waals surface area contributed by atoms with Crippen LogP contribution in [0.15, 0.2) is 35.0 Å². The van der Waals surface area contributed by atoms with Gasteiger partial charge >= 0.3 is 0 Å². The summed E-state index contributed by atoms with van der Waals surface area (Å²) in [4.78, 5) is 24.6. The highest BCUT2D eigenvalue weighted by Crippen LogP contribution is 2.37. The topological polar surface area (TPSA) is 81.4 Å². The van der Waals surface area contributed by atoms with Crippen LogP contribution in [0.4, 0.5) is 0 Å². The molecule has 0 bridgehead atoms. The molecule has 0 radical (unpaired) electrons. The lowest BCUT2D eigenvalue weighted by Gasteiger charge is -2.36. The van der Waals surface area contributed by atoms with Crippen molar-refractivity contribution in [3.63, 3.8) is 0 Å². The van der Waals surface area contributed by atoms with Gasteiger partial charge in [-0.3, -0.25) is 4.79 Å². The van der Waals surface area contributed by atoms with E-state index in [1.54, 1.807) is 6.20 Å². The second-order valence-corrected chi connectivity index (χ2v) is 8.29. The van der Waals surface area contributed by atoms with Gasteiger partial charge in [0.05, 0.1) is 36.0 Å². The van der Waals surface area contributed by atoms with Crippen LogP contribution in [0.2, 0.25) is 0 Å². The number of rotatable bonds is 6. The van der Waals surface area contributed by atoms with E-state index < -0.39 is 0 Å². The number of carbonyl (C=O) groups is 1. The summed E-state index contributed by atoms with van der Waals surface area (Å²) in [7, 11) is 0. The van der Waals surface area contributed by atoms with E-state index in [1.807, 2.05) is 56.9 Å². The van der Waals surface area contributed by atoms with Crippen LogP contribution < -0.4 is 4.74 Å². The first kappa shape index (κ1) is 22.0. The first-order valence-corrected chi connectivity index (χ1v) is 11.3. The number of piperidine rings is 1. The Morgan fingerprint density at radius 3 is 2.66 bits per heavy atom. The molecule has 0 aliphatic carbocycles. The molecule has 3 aromatic rings.